The van der Waals surface area contributed by atoms with Gasteiger partial charge >= 0.3 is 17.9 Å². The molecule has 176 valence electrons. The smallest absolute Gasteiger partial charge is 0.303 e. The number of hydrogen-bond acceptors (Lipinski definition) is 10. The van der Waals surface area contributed by atoms with Crippen molar-refractivity contribution in [1.82, 2.24) is 4.57 Å². The summed E-state index contributed by atoms with van der Waals surface area (Å²) in [5, 5.41) is 18.8. The van der Waals surface area contributed by atoms with Crippen molar-refractivity contribution in [2.75, 3.05) is 6.61 Å². The second-order valence-corrected chi connectivity index (χ2v) is 7.54. The molecule has 1 aliphatic heterocycles. The molecule has 3 N–H and O–H groups in total. The molecular formula is C20H22N4O8S. The molecule has 1 aliphatic rings. The predicted octanol–water partition coefficient (Wildman–Crippen LogP) is 2.00. The normalized spacial score (nSPS) is 22.8. The highest BCUT2D eigenvalue weighted by molar-refractivity contribution is 7.80. The van der Waals surface area contributed by atoms with E-state index < -0.39 is 42.4 Å². The molecule has 1 aromatic heterocycles. The number of nitrogens with zero attached hydrogens (tertiary/aromatic N) is 3. The van der Waals surface area contributed by atoms with Crippen LogP contribution in [-0.2, 0) is 33.3 Å². The number of fused-ring (bicyclic) bond motifs is 1. The number of para-hydroxylation sites is 1. The summed E-state index contributed by atoms with van der Waals surface area (Å²) in [6.07, 6.45) is -4.73. The average Bonchev–Trinajstić information content (AvgIpc) is 2.99. The maximum Gasteiger partial charge on any atom is 0.303 e. The molecule has 0 bridgehead atoms. The summed E-state index contributed by atoms with van der Waals surface area (Å²) in [7, 11) is 0. The lowest BCUT2D eigenvalue weighted by Gasteiger charge is -2.41. The van der Waals surface area contributed by atoms with Crippen LogP contribution in [0.5, 0.6) is 5.88 Å². The van der Waals surface area contributed by atoms with Crippen LogP contribution in [0.25, 0.3) is 10.9 Å². The molecule has 1 aromatic carbocycles. The first-order valence-electron chi connectivity index (χ1n) is 9.76. The summed E-state index contributed by atoms with van der Waals surface area (Å²) in [5.41, 5.74) is 5.89. The summed E-state index contributed by atoms with van der Waals surface area (Å²) < 4.78 is 23.2. The second kappa shape index (κ2) is 9.92. The van der Waals surface area contributed by atoms with Gasteiger partial charge in [-0.3, -0.25) is 19.0 Å². The molecule has 1 saturated heterocycles. The standard InChI is InChI=1S/C20H22N4O8S/c1-9(25)30-14-8-29-19(17(32-11(3)27)16(14)31-10(2)26)24-13-7-5-4-6-12(13)15(18(24)28)22-23-20(21)33/h4-7,14,16-17,19,28H,8H2,1-3H3,(H2,21,33)/t14-,16-,17+,19+/m1/s1. The number of esters is 3. The van der Waals surface area contributed by atoms with Crippen molar-refractivity contribution in [3.8, 4) is 5.88 Å². The predicted molar refractivity (Wildman–Crippen MR) is 117 cm³/mol. The van der Waals surface area contributed by atoms with E-state index in [1.54, 1.807) is 24.3 Å². The highest BCUT2D eigenvalue weighted by Crippen LogP contribution is 2.44. The number of carbonyl (C=O) groups is 3. The third kappa shape index (κ3) is 5.26. The van der Waals surface area contributed by atoms with Crippen molar-refractivity contribution in [3.63, 3.8) is 0 Å². The van der Waals surface area contributed by atoms with Gasteiger partial charge < -0.3 is 29.8 Å². The van der Waals surface area contributed by atoms with Gasteiger partial charge in [0.1, 0.15) is 0 Å². The van der Waals surface area contributed by atoms with Crippen molar-refractivity contribution in [1.29, 1.82) is 0 Å². The molecule has 2 heterocycles. The van der Waals surface area contributed by atoms with E-state index in [4.69, 9.17) is 36.9 Å². The molecule has 12 nitrogen and oxygen atoms in total. The monoisotopic (exact) mass is 478 g/mol. The van der Waals surface area contributed by atoms with Crippen molar-refractivity contribution in [2.45, 2.75) is 45.3 Å². The van der Waals surface area contributed by atoms with Crippen LogP contribution in [0.2, 0.25) is 0 Å². The number of rotatable bonds is 5. The molecular weight excluding hydrogens is 456 g/mol. The molecule has 0 amide bonds. The lowest BCUT2D eigenvalue weighted by Crippen LogP contribution is -2.55. The van der Waals surface area contributed by atoms with Crippen LogP contribution >= 0.6 is 12.2 Å². The van der Waals surface area contributed by atoms with Gasteiger partial charge in [-0.05, 0) is 18.3 Å². The van der Waals surface area contributed by atoms with E-state index in [1.807, 2.05) is 0 Å². The molecule has 0 saturated carbocycles. The second-order valence-electron chi connectivity index (χ2n) is 7.12. The lowest BCUT2D eigenvalue weighted by molar-refractivity contribution is -0.239. The zero-order valence-electron chi connectivity index (χ0n) is 18.0. The van der Waals surface area contributed by atoms with Gasteiger partial charge in [0.05, 0.1) is 12.1 Å². The molecule has 4 atom stereocenters. The summed E-state index contributed by atoms with van der Waals surface area (Å²) in [4.78, 5) is 35.3. The minimum absolute atomic E-state index is 0.0507. The zero-order valence-corrected chi connectivity index (χ0v) is 18.8. The highest BCUT2D eigenvalue weighted by atomic mass is 32.1. The topological polar surface area (TPSA) is 164 Å². The number of nitrogens with two attached hydrogens (primary N) is 1. The van der Waals surface area contributed by atoms with E-state index >= 15 is 0 Å². The Morgan fingerprint density at radius 3 is 2.30 bits per heavy atom. The van der Waals surface area contributed by atoms with Crippen LogP contribution in [0.4, 0.5) is 5.69 Å². The number of aromatic hydroxyl groups is 1. The Labute approximate surface area is 193 Å². The SMILES string of the molecule is CC(=O)O[C@H]1[C@H](OC(C)=O)[C@@H](n2c(O)c(N=NC(N)=S)c3ccccc32)OC[C@H]1OC(C)=O. The van der Waals surface area contributed by atoms with Crippen LogP contribution in [0.15, 0.2) is 34.5 Å². The Balaban J connectivity index is 2.16. The fourth-order valence-corrected chi connectivity index (χ4v) is 3.67. The number of hydrogen-bond donors (Lipinski definition) is 2. The van der Waals surface area contributed by atoms with E-state index in [2.05, 4.69) is 10.2 Å². The molecule has 13 heteroatoms. The van der Waals surface area contributed by atoms with Crippen LogP contribution in [0.1, 0.15) is 27.0 Å². The number of ether oxygens (including phenoxy) is 4. The Morgan fingerprint density at radius 2 is 1.70 bits per heavy atom. The minimum Gasteiger partial charge on any atom is -0.493 e. The Hall–Kier alpha value is -3.58. The van der Waals surface area contributed by atoms with E-state index in [-0.39, 0.29) is 23.3 Å². The maximum atomic E-state index is 11.9. The van der Waals surface area contributed by atoms with Gasteiger partial charge in [0.2, 0.25) is 11.0 Å². The molecule has 0 radical (unpaired) electrons. The van der Waals surface area contributed by atoms with Gasteiger partial charge in [0, 0.05) is 26.2 Å². The van der Waals surface area contributed by atoms with Crippen LogP contribution in [0, 0.1) is 0 Å². The van der Waals surface area contributed by atoms with Gasteiger partial charge in [-0.2, -0.15) is 0 Å². The number of benzene rings is 1. The minimum atomic E-state index is -1.29. The highest BCUT2D eigenvalue weighted by Gasteiger charge is 2.48. The number of thiocarbonyl (C=S) groups is 1. The first-order valence-corrected chi connectivity index (χ1v) is 10.2. The third-order valence-electron chi connectivity index (χ3n) is 4.69. The van der Waals surface area contributed by atoms with Gasteiger partial charge in [-0.1, -0.05) is 18.2 Å². The Kier molecular flexibility index (Phi) is 7.23. The third-order valence-corrected chi connectivity index (χ3v) is 4.77. The zero-order chi connectivity index (χ0) is 24.3. The van der Waals surface area contributed by atoms with Crippen LogP contribution in [-0.4, -0.2) is 57.6 Å². The number of carbonyl (C=O) groups excluding carboxylic acids is 3. The van der Waals surface area contributed by atoms with E-state index in [0.29, 0.717) is 10.9 Å². The molecule has 2 aromatic rings. The van der Waals surface area contributed by atoms with Gasteiger partial charge in [0.25, 0.3) is 0 Å². The Bertz CT molecular complexity index is 1130. The van der Waals surface area contributed by atoms with Gasteiger partial charge in [-0.25, -0.2) is 0 Å². The Morgan fingerprint density at radius 1 is 1.09 bits per heavy atom. The molecule has 0 spiro atoms. The molecule has 1 fully saturated rings. The van der Waals surface area contributed by atoms with Crippen molar-refractivity contribution in [3.05, 3.63) is 24.3 Å². The fraction of sp³-hybridized carbons (Fsp3) is 0.400. The maximum absolute atomic E-state index is 11.9. The summed E-state index contributed by atoms with van der Waals surface area (Å²) in [6, 6.07) is 6.77. The van der Waals surface area contributed by atoms with Crippen LogP contribution in [0.3, 0.4) is 0 Å². The lowest BCUT2D eigenvalue weighted by atomic mass is 10.0. The van der Waals surface area contributed by atoms with Crippen LogP contribution < -0.4 is 5.73 Å². The van der Waals surface area contributed by atoms with E-state index in [9.17, 15) is 19.5 Å². The van der Waals surface area contributed by atoms with Crippen molar-refractivity contribution in [2.24, 2.45) is 16.0 Å². The van der Waals surface area contributed by atoms with Crippen molar-refractivity contribution >= 4 is 51.8 Å². The van der Waals surface area contributed by atoms with Gasteiger partial charge in [0.15, 0.2) is 30.2 Å². The number of aromatic nitrogens is 1. The van der Waals surface area contributed by atoms with E-state index in [1.165, 1.54) is 11.5 Å². The molecule has 0 aliphatic carbocycles. The largest absolute Gasteiger partial charge is 0.493 e. The summed E-state index contributed by atoms with van der Waals surface area (Å²) in [5.74, 6) is -2.43. The summed E-state index contributed by atoms with van der Waals surface area (Å²) in [6.45, 7) is 3.29. The average molecular weight is 478 g/mol. The van der Waals surface area contributed by atoms with Crippen molar-refractivity contribution < 1.29 is 38.4 Å². The first kappa shape index (κ1) is 24.1. The number of azo groups is 1. The first-order chi connectivity index (χ1) is 15.6. The van der Waals surface area contributed by atoms with Gasteiger partial charge in [-0.15, -0.1) is 10.2 Å². The molecule has 3 rings (SSSR count). The summed E-state index contributed by atoms with van der Waals surface area (Å²) >= 11 is 4.72. The van der Waals surface area contributed by atoms with E-state index in [0.717, 1.165) is 13.8 Å². The molecule has 0 unspecified atom stereocenters. The fourth-order valence-electron chi connectivity index (χ4n) is 3.63. The molecule has 33 heavy (non-hydrogen) atoms. The quantitative estimate of drug-likeness (QED) is 0.281.